The number of nitrogens with zero attached hydrogens (tertiary/aromatic N) is 3. The molecule has 1 heterocycles. The molecule has 126 valence electrons. The van der Waals surface area contributed by atoms with Crippen LogP contribution in [0.5, 0.6) is 0 Å². The van der Waals surface area contributed by atoms with Gasteiger partial charge in [-0.2, -0.15) is 0 Å². The average molecular weight is 328 g/mol. The third-order valence-electron chi connectivity index (χ3n) is 4.05. The van der Waals surface area contributed by atoms with Gasteiger partial charge in [0.15, 0.2) is 0 Å². The normalized spacial score (nSPS) is 14.8. The minimum atomic E-state index is -0.458. The van der Waals surface area contributed by atoms with Crippen molar-refractivity contribution in [3.8, 4) is 0 Å². The lowest BCUT2D eigenvalue weighted by atomic mass is 9.95. The Hall–Kier alpha value is -2.90. The van der Waals surface area contributed by atoms with E-state index in [0.717, 1.165) is 31.4 Å². The Bertz CT molecular complexity index is 688. The zero-order valence-corrected chi connectivity index (χ0v) is 13.2. The lowest BCUT2D eigenvalue weighted by molar-refractivity contribution is -0.383. The van der Waals surface area contributed by atoms with Crippen molar-refractivity contribution < 1.29 is 4.92 Å². The van der Waals surface area contributed by atoms with Crippen LogP contribution in [-0.4, -0.2) is 20.9 Å². The summed E-state index contributed by atoms with van der Waals surface area (Å²) in [7, 11) is 0. The van der Waals surface area contributed by atoms with Gasteiger partial charge in [-0.25, -0.2) is 9.97 Å². The molecule has 3 N–H and O–H groups in total. The number of nitrogens with one attached hydrogen (secondary N) is 3. The Morgan fingerprint density at radius 1 is 1.00 bits per heavy atom. The van der Waals surface area contributed by atoms with Gasteiger partial charge in [0.25, 0.3) is 0 Å². The SMILES string of the molecule is O=[N+]([O-])c1c(NNc2ccccc2)ncnc1NC1CCCCC1. The number of nitro groups is 1. The second-order valence-corrected chi connectivity index (χ2v) is 5.77. The van der Waals surface area contributed by atoms with E-state index in [9.17, 15) is 10.1 Å². The summed E-state index contributed by atoms with van der Waals surface area (Å²) < 4.78 is 0. The van der Waals surface area contributed by atoms with E-state index < -0.39 is 4.92 Å². The van der Waals surface area contributed by atoms with Gasteiger partial charge in [-0.05, 0) is 25.0 Å². The van der Waals surface area contributed by atoms with Gasteiger partial charge in [-0.1, -0.05) is 37.5 Å². The van der Waals surface area contributed by atoms with E-state index in [1.165, 1.54) is 12.7 Å². The summed E-state index contributed by atoms with van der Waals surface area (Å²) >= 11 is 0. The monoisotopic (exact) mass is 328 g/mol. The maximum absolute atomic E-state index is 11.5. The molecule has 0 aliphatic heterocycles. The van der Waals surface area contributed by atoms with E-state index in [1.807, 2.05) is 30.3 Å². The highest BCUT2D eigenvalue weighted by atomic mass is 16.6. The second-order valence-electron chi connectivity index (χ2n) is 5.77. The summed E-state index contributed by atoms with van der Waals surface area (Å²) in [6.45, 7) is 0. The molecule has 8 nitrogen and oxygen atoms in total. The predicted octanol–water partition coefficient (Wildman–Crippen LogP) is 3.57. The maximum Gasteiger partial charge on any atom is 0.354 e. The first kappa shape index (κ1) is 16.0. The molecule has 0 radical (unpaired) electrons. The lowest BCUT2D eigenvalue weighted by Gasteiger charge is -2.23. The van der Waals surface area contributed by atoms with E-state index in [0.29, 0.717) is 0 Å². The van der Waals surface area contributed by atoms with Crippen molar-refractivity contribution in [1.29, 1.82) is 0 Å². The Labute approximate surface area is 139 Å². The fraction of sp³-hybridized carbons (Fsp3) is 0.375. The van der Waals surface area contributed by atoms with Gasteiger partial charge in [-0.3, -0.25) is 21.0 Å². The molecule has 1 aromatic heterocycles. The van der Waals surface area contributed by atoms with Crippen LogP contribution in [-0.2, 0) is 0 Å². The second kappa shape index (κ2) is 7.58. The van der Waals surface area contributed by atoms with Crippen molar-refractivity contribution in [2.45, 2.75) is 38.1 Å². The van der Waals surface area contributed by atoms with Gasteiger partial charge in [-0.15, -0.1) is 0 Å². The van der Waals surface area contributed by atoms with Gasteiger partial charge in [0, 0.05) is 6.04 Å². The van der Waals surface area contributed by atoms with Crippen molar-refractivity contribution in [3.05, 3.63) is 46.8 Å². The fourth-order valence-corrected chi connectivity index (χ4v) is 2.84. The quantitative estimate of drug-likeness (QED) is 0.550. The van der Waals surface area contributed by atoms with Crippen LogP contribution in [0.2, 0.25) is 0 Å². The summed E-state index contributed by atoms with van der Waals surface area (Å²) in [6.07, 6.45) is 6.83. The van der Waals surface area contributed by atoms with Gasteiger partial charge in [0.1, 0.15) is 6.33 Å². The first-order valence-corrected chi connectivity index (χ1v) is 8.07. The average Bonchev–Trinajstić information content (AvgIpc) is 2.61. The molecular weight excluding hydrogens is 308 g/mol. The molecular formula is C16H20N6O2. The van der Waals surface area contributed by atoms with Crippen LogP contribution in [0.1, 0.15) is 32.1 Å². The van der Waals surface area contributed by atoms with Gasteiger partial charge in [0.05, 0.1) is 10.6 Å². The molecule has 0 unspecified atom stereocenters. The zero-order chi connectivity index (χ0) is 16.8. The van der Waals surface area contributed by atoms with Crippen molar-refractivity contribution in [2.24, 2.45) is 0 Å². The Balaban J connectivity index is 1.78. The minimum absolute atomic E-state index is 0.136. The number of hydrogen-bond donors (Lipinski definition) is 3. The van der Waals surface area contributed by atoms with E-state index in [1.54, 1.807) is 0 Å². The molecule has 0 bridgehead atoms. The van der Waals surface area contributed by atoms with Crippen LogP contribution in [0.4, 0.5) is 23.0 Å². The molecule has 8 heteroatoms. The molecule has 0 amide bonds. The summed E-state index contributed by atoms with van der Waals surface area (Å²) in [5, 5.41) is 14.7. The summed E-state index contributed by atoms with van der Waals surface area (Å²) in [4.78, 5) is 19.1. The van der Waals surface area contributed by atoms with Gasteiger partial charge < -0.3 is 5.32 Å². The topological polar surface area (TPSA) is 105 Å². The smallest absolute Gasteiger partial charge is 0.354 e. The molecule has 1 saturated carbocycles. The van der Waals surface area contributed by atoms with E-state index in [2.05, 4.69) is 26.1 Å². The molecule has 0 atom stereocenters. The number of rotatable bonds is 6. The molecule has 0 saturated heterocycles. The third-order valence-corrected chi connectivity index (χ3v) is 4.05. The molecule has 1 aromatic carbocycles. The van der Waals surface area contributed by atoms with Gasteiger partial charge >= 0.3 is 5.69 Å². The molecule has 0 spiro atoms. The number of aromatic nitrogens is 2. The summed E-state index contributed by atoms with van der Waals surface area (Å²) in [5.74, 6) is 0.399. The van der Waals surface area contributed by atoms with Crippen molar-refractivity contribution in [2.75, 3.05) is 16.2 Å². The molecule has 1 aliphatic rings. The van der Waals surface area contributed by atoms with Crippen molar-refractivity contribution in [1.82, 2.24) is 9.97 Å². The highest BCUT2D eigenvalue weighted by Crippen LogP contribution is 2.31. The number of anilines is 3. The van der Waals surface area contributed by atoms with E-state index in [-0.39, 0.29) is 23.4 Å². The Morgan fingerprint density at radius 3 is 2.42 bits per heavy atom. The maximum atomic E-state index is 11.5. The molecule has 2 aromatic rings. The third kappa shape index (κ3) is 3.89. The summed E-state index contributed by atoms with van der Waals surface area (Å²) in [5.41, 5.74) is 6.36. The molecule has 3 rings (SSSR count). The Morgan fingerprint density at radius 2 is 1.71 bits per heavy atom. The molecule has 24 heavy (non-hydrogen) atoms. The standard InChI is InChI=1S/C16H20N6O2/c23-22(24)14-15(19-12-7-3-1-4-8-12)17-11-18-16(14)21-20-13-9-5-2-6-10-13/h2,5-6,9-12,20H,1,3-4,7-8H2,(H2,17,18,19,21). The highest BCUT2D eigenvalue weighted by Gasteiger charge is 2.25. The van der Waals surface area contributed by atoms with E-state index >= 15 is 0 Å². The molecule has 1 fully saturated rings. The lowest BCUT2D eigenvalue weighted by Crippen LogP contribution is -2.24. The predicted molar refractivity (Wildman–Crippen MR) is 92.9 cm³/mol. The number of benzene rings is 1. The van der Waals surface area contributed by atoms with Crippen LogP contribution in [0, 0.1) is 10.1 Å². The highest BCUT2D eigenvalue weighted by molar-refractivity contribution is 5.70. The first-order valence-electron chi connectivity index (χ1n) is 8.07. The minimum Gasteiger partial charge on any atom is -0.361 e. The largest absolute Gasteiger partial charge is 0.361 e. The number of hydrogen-bond acceptors (Lipinski definition) is 7. The zero-order valence-electron chi connectivity index (χ0n) is 13.2. The van der Waals surface area contributed by atoms with Gasteiger partial charge in [0.2, 0.25) is 11.6 Å². The van der Waals surface area contributed by atoms with Crippen LogP contribution in [0.15, 0.2) is 36.7 Å². The van der Waals surface area contributed by atoms with Crippen LogP contribution in [0.3, 0.4) is 0 Å². The van der Waals surface area contributed by atoms with Crippen molar-refractivity contribution in [3.63, 3.8) is 0 Å². The van der Waals surface area contributed by atoms with Crippen molar-refractivity contribution >= 4 is 23.0 Å². The first-order chi connectivity index (χ1) is 11.7. The van der Waals surface area contributed by atoms with Crippen LogP contribution in [0.25, 0.3) is 0 Å². The fourth-order valence-electron chi connectivity index (χ4n) is 2.84. The van der Waals surface area contributed by atoms with Crippen LogP contribution >= 0.6 is 0 Å². The number of hydrazine groups is 1. The summed E-state index contributed by atoms with van der Waals surface area (Å²) in [6, 6.07) is 9.55. The van der Waals surface area contributed by atoms with Crippen LogP contribution < -0.4 is 16.2 Å². The Kier molecular flexibility index (Phi) is 5.05. The number of para-hydroxylation sites is 1. The molecule has 1 aliphatic carbocycles. The van der Waals surface area contributed by atoms with E-state index in [4.69, 9.17) is 0 Å².